The predicted molar refractivity (Wildman–Crippen MR) is 153 cm³/mol. The van der Waals surface area contributed by atoms with E-state index in [9.17, 15) is 19.2 Å². The van der Waals surface area contributed by atoms with E-state index >= 15 is 0 Å². The van der Waals surface area contributed by atoms with Crippen LogP contribution in [0, 0.1) is 51.2 Å². The molecular formula is C34H46O8. The fourth-order valence-electron chi connectivity index (χ4n) is 11.1. The number of ether oxygens (including phenoxy) is 4. The summed E-state index contributed by atoms with van der Waals surface area (Å²) in [6, 6.07) is 0. The van der Waals surface area contributed by atoms with Gasteiger partial charge in [0.2, 0.25) is 0 Å². The largest absolute Gasteiger partial charge is 0.462 e. The van der Waals surface area contributed by atoms with E-state index in [-0.39, 0.29) is 81.4 Å². The van der Waals surface area contributed by atoms with Crippen molar-refractivity contribution >= 4 is 23.7 Å². The van der Waals surface area contributed by atoms with E-state index in [0.717, 1.165) is 19.3 Å². The van der Waals surface area contributed by atoms with Gasteiger partial charge in [0.15, 0.2) is 11.9 Å². The zero-order chi connectivity index (χ0) is 30.7. The van der Waals surface area contributed by atoms with Crippen LogP contribution in [0.4, 0.5) is 0 Å². The van der Waals surface area contributed by atoms with Crippen LogP contribution >= 0.6 is 0 Å². The van der Waals surface area contributed by atoms with E-state index in [1.54, 1.807) is 6.08 Å². The summed E-state index contributed by atoms with van der Waals surface area (Å²) in [5.41, 5.74) is -0.385. The van der Waals surface area contributed by atoms with Gasteiger partial charge in [0.25, 0.3) is 0 Å². The van der Waals surface area contributed by atoms with Crippen molar-refractivity contribution in [2.45, 2.75) is 112 Å². The van der Waals surface area contributed by atoms with Crippen LogP contribution in [0.2, 0.25) is 0 Å². The van der Waals surface area contributed by atoms with Crippen LogP contribution in [-0.2, 0) is 38.1 Å². The average molecular weight is 583 g/mol. The van der Waals surface area contributed by atoms with Crippen LogP contribution in [0.15, 0.2) is 24.3 Å². The number of epoxide rings is 1. The molecule has 0 bridgehead atoms. The third-order valence-corrected chi connectivity index (χ3v) is 12.9. The molecule has 0 aromatic carbocycles. The lowest BCUT2D eigenvalue weighted by Gasteiger charge is -2.59. The summed E-state index contributed by atoms with van der Waals surface area (Å²) in [4.78, 5) is 51.0. The van der Waals surface area contributed by atoms with Crippen LogP contribution < -0.4 is 0 Å². The Bertz CT molecular complexity index is 1280. The number of esters is 3. The van der Waals surface area contributed by atoms with Crippen molar-refractivity contribution in [3.05, 3.63) is 24.3 Å². The van der Waals surface area contributed by atoms with Crippen molar-refractivity contribution in [2.75, 3.05) is 0 Å². The summed E-state index contributed by atoms with van der Waals surface area (Å²) >= 11 is 0. The molecule has 1 saturated heterocycles. The van der Waals surface area contributed by atoms with Gasteiger partial charge in [-0.1, -0.05) is 47.3 Å². The molecule has 0 radical (unpaired) electrons. The first-order valence-corrected chi connectivity index (χ1v) is 15.7. The maximum atomic E-state index is 13.7. The fraction of sp³-hybridized carbons (Fsp3) is 0.765. The van der Waals surface area contributed by atoms with Crippen LogP contribution in [0.25, 0.3) is 0 Å². The molecule has 4 aliphatic carbocycles. The van der Waals surface area contributed by atoms with Crippen molar-refractivity contribution < 1.29 is 38.1 Å². The molecule has 13 unspecified atom stereocenters. The summed E-state index contributed by atoms with van der Waals surface area (Å²) in [6.45, 7) is 19.2. The number of hydrogen-bond donors (Lipinski definition) is 0. The summed E-state index contributed by atoms with van der Waals surface area (Å²) in [6.07, 6.45) is 5.57. The molecule has 5 fully saturated rings. The van der Waals surface area contributed by atoms with E-state index in [0.29, 0.717) is 12.0 Å². The number of carbonyl (C=O) groups is 4. The van der Waals surface area contributed by atoms with Crippen LogP contribution in [0.1, 0.15) is 81.1 Å². The van der Waals surface area contributed by atoms with Gasteiger partial charge in [0, 0.05) is 49.0 Å². The minimum absolute atomic E-state index is 0.0173. The zero-order valence-corrected chi connectivity index (χ0v) is 26.2. The summed E-state index contributed by atoms with van der Waals surface area (Å²) in [5.74, 6) is -1.85. The first-order valence-electron chi connectivity index (χ1n) is 15.7. The molecule has 2 heterocycles. The Morgan fingerprint density at radius 1 is 1.05 bits per heavy atom. The molecular weight excluding hydrogens is 536 g/mol. The third kappa shape index (κ3) is 3.75. The minimum atomic E-state index is -1.02. The average Bonchev–Trinajstić information content (AvgIpc) is 3.77. The molecule has 42 heavy (non-hydrogen) atoms. The Balaban J connectivity index is 1.42. The topological polar surface area (TPSA) is 109 Å². The Morgan fingerprint density at radius 3 is 2.36 bits per heavy atom. The maximum Gasteiger partial charge on any atom is 0.330 e. The van der Waals surface area contributed by atoms with Gasteiger partial charge in [-0.15, -0.1) is 0 Å². The van der Waals surface area contributed by atoms with E-state index in [2.05, 4.69) is 26.5 Å². The van der Waals surface area contributed by atoms with Gasteiger partial charge in [0.1, 0.15) is 12.2 Å². The Labute approximate surface area is 248 Å². The number of allylic oxidation sites excluding steroid dienone is 1. The number of hydrogen-bond acceptors (Lipinski definition) is 8. The van der Waals surface area contributed by atoms with Gasteiger partial charge in [0.05, 0.1) is 12.2 Å². The number of rotatable bonds is 7. The van der Waals surface area contributed by atoms with Gasteiger partial charge in [-0.3, -0.25) is 14.4 Å². The molecule has 13 atom stereocenters. The molecule has 4 saturated carbocycles. The lowest BCUT2D eigenvalue weighted by molar-refractivity contribution is -0.166. The first-order chi connectivity index (χ1) is 19.5. The fourth-order valence-corrected chi connectivity index (χ4v) is 11.1. The van der Waals surface area contributed by atoms with Crippen molar-refractivity contribution in [2.24, 2.45) is 51.2 Å². The second-order valence-corrected chi connectivity index (χ2v) is 15.1. The van der Waals surface area contributed by atoms with Gasteiger partial charge < -0.3 is 18.9 Å². The number of cyclic esters (lactones) is 1. The van der Waals surface area contributed by atoms with Crippen molar-refractivity contribution in [1.29, 1.82) is 0 Å². The summed E-state index contributed by atoms with van der Waals surface area (Å²) in [5, 5.41) is 0. The second-order valence-electron chi connectivity index (χ2n) is 15.1. The van der Waals surface area contributed by atoms with Crippen LogP contribution in [0.5, 0.6) is 0 Å². The normalized spacial score (nSPS) is 47.3. The molecule has 2 aliphatic heterocycles. The minimum Gasteiger partial charge on any atom is -0.462 e. The molecule has 0 aromatic heterocycles. The quantitative estimate of drug-likeness (QED) is 0.179. The van der Waals surface area contributed by atoms with Crippen molar-refractivity contribution in [1.82, 2.24) is 0 Å². The van der Waals surface area contributed by atoms with E-state index in [4.69, 9.17) is 18.9 Å². The molecule has 6 aliphatic rings. The predicted octanol–water partition coefficient (Wildman–Crippen LogP) is 4.98. The highest BCUT2D eigenvalue weighted by molar-refractivity contribution is 5.99. The highest BCUT2D eigenvalue weighted by atomic mass is 16.6. The molecule has 0 amide bonds. The molecule has 0 aromatic rings. The van der Waals surface area contributed by atoms with Crippen LogP contribution in [-0.4, -0.2) is 54.2 Å². The smallest absolute Gasteiger partial charge is 0.330 e. The third-order valence-electron chi connectivity index (χ3n) is 12.9. The Hall–Kier alpha value is -2.48. The second kappa shape index (κ2) is 9.26. The van der Waals surface area contributed by atoms with E-state index in [1.165, 1.54) is 13.8 Å². The molecule has 8 heteroatoms. The molecule has 6 rings (SSSR count). The zero-order valence-electron chi connectivity index (χ0n) is 26.2. The summed E-state index contributed by atoms with van der Waals surface area (Å²) < 4.78 is 24.2. The standard InChI is InChI=1S/C34H46O8/c1-16(2)17(3)26(38)27(41-21(7)36)18(4)24-22(40-20(6)35)14-32(9)30-29-28(42-29)25-19(5)39-23(37)10-11-33(25)15-34(30,33)13-12-31(24,32)8/h10-11,16,18-19,22,24-25,27-30H,3,12-15H2,1-2,4-9H3. The van der Waals surface area contributed by atoms with Crippen LogP contribution in [0.3, 0.4) is 0 Å². The number of carbonyl (C=O) groups excluding carboxylic acids is 4. The SMILES string of the molecule is C=C(C(=O)C(OC(C)=O)C(C)C1C(OC(C)=O)CC2(C)C3C4OC4C4C(C)OC(=O)C=CC45CC35CCC12C)C(C)C. The lowest BCUT2D eigenvalue weighted by atomic mass is 9.44. The Kier molecular flexibility index (Phi) is 6.52. The van der Waals surface area contributed by atoms with Crippen molar-refractivity contribution in [3.8, 4) is 0 Å². The highest BCUT2D eigenvalue weighted by Gasteiger charge is 2.88. The number of Topliss-reactive ketones (excluding diaryl/α,β-unsaturated/α-hetero) is 1. The van der Waals surface area contributed by atoms with E-state index < -0.39 is 24.1 Å². The van der Waals surface area contributed by atoms with Gasteiger partial charge >= 0.3 is 17.9 Å². The Morgan fingerprint density at radius 2 is 1.74 bits per heavy atom. The highest BCUT2D eigenvalue weighted by Crippen LogP contribution is 2.89. The molecule has 2 spiro atoms. The monoisotopic (exact) mass is 582 g/mol. The maximum absolute atomic E-state index is 13.7. The number of ketones is 1. The molecule has 0 N–H and O–H groups in total. The molecule has 230 valence electrons. The molecule has 8 nitrogen and oxygen atoms in total. The first kappa shape index (κ1) is 29.6. The van der Waals surface area contributed by atoms with Crippen molar-refractivity contribution in [3.63, 3.8) is 0 Å². The lowest BCUT2D eigenvalue weighted by Crippen LogP contribution is -2.58. The van der Waals surface area contributed by atoms with Gasteiger partial charge in [-0.05, 0) is 60.3 Å². The van der Waals surface area contributed by atoms with Gasteiger partial charge in [-0.25, -0.2) is 4.79 Å². The van der Waals surface area contributed by atoms with Gasteiger partial charge in [-0.2, -0.15) is 0 Å². The number of fused-ring (bicyclic) bond motifs is 5. The summed E-state index contributed by atoms with van der Waals surface area (Å²) in [7, 11) is 0. The van der Waals surface area contributed by atoms with E-state index in [1.807, 2.05) is 27.7 Å².